The molecule has 0 radical (unpaired) electrons. The summed E-state index contributed by atoms with van der Waals surface area (Å²) in [6.45, 7) is 2.03. The Morgan fingerprint density at radius 1 is 0.846 bits per heavy atom. The van der Waals surface area contributed by atoms with Crippen molar-refractivity contribution in [2.24, 2.45) is 0 Å². The summed E-state index contributed by atoms with van der Waals surface area (Å²) >= 11 is 1.38. The first-order chi connectivity index (χ1) is 12.8. The van der Waals surface area contributed by atoms with E-state index in [9.17, 15) is 0 Å². The third-order valence-electron chi connectivity index (χ3n) is 3.70. The Hall–Kier alpha value is -2.93. The van der Waals surface area contributed by atoms with Gasteiger partial charge >= 0.3 is 0 Å². The molecule has 0 saturated carbocycles. The molecule has 0 amide bonds. The molecule has 0 saturated heterocycles. The second-order valence-electron chi connectivity index (χ2n) is 5.78. The van der Waals surface area contributed by atoms with E-state index in [1.54, 1.807) is 0 Å². The molecule has 4 rings (SSSR count). The van der Waals surface area contributed by atoms with E-state index in [1.165, 1.54) is 11.8 Å². The van der Waals surface area contributed by atoms with Gasteiger partial charge in [-0.25, -0.2) is 0 Å². The summed E-state index contributed by atoms with van der Waals surface area (Å²) in [6.07, 6.45) is 0.618. The molecule has 0 spiro atoms. The van der Waals surface area contributed by atoms with Crippen LogP contribution in [-0.2, 0) is 12.2 Å². The molecule has 0 bridgehead atoms. The maximum absolute atomic E-state index is 5.72. The van der Waals surface area contributed by atoms with Crippen molar-refractivity contribution >= 4 is 11.8 Å². The van der Waals surface area contributed by atoms with E-state index in [2.05, 4.69) is 20.4 Å². The van der Waals surface area contributed by atoms with Crippen molar-refractivity contribution in [3.05, 3.63) is 77.5 Å². The quantitative estimate of drug-likeness (QED) is 0.472. The van der Waals surface area contributed by atoms with Crippen LogP contribution in [0.3, 0.4) is 0 Å². The third kappa shape index (κ3) is 4.00. The van der Waals surface area contributed by atoms with Crippen molar-refractivity contribution in [1.29, 1.82) is 0 Å². The minimum Gasteiger partial charge on any atom is -0.420 e. The lowest BCUT2D eigenvalue weighted by Gasteiger charge is -1.96. The van der Waals surface area contributed by atoms with Crippen molar-refractivity contribution in [2.75, 3.05) is 0 Å². The topological polar surface area (TPSA) is 77.8 Å². The number of benzene rings is 2. The van der Waals surface area contributed by atoms with Crippen LogP contribution in [0.4, 0.5) is 0 Å². The Balaban J connectivity index is 1.38. The van der Waals surface area contributed by atoms with Crippen LogP contribution in [0.15, 0.2) is 68.7 Å². The molecule has 130 valence electrons. The van der Waals surface area contributed by atoms with Gasteiger partial charge in [-0.05, 0) is 24.6 Å². The molecule has 0 aliphatic rings. The van der Waals surface area contributed by atoms with Crippen LogP contribution in [0.5, 0.6) is 0 Å². The molecule has 6 nitrogen and oxygen atoms in total. The van der Waals surface area contributed by atoms with E-state index in [4.69, 9.17) is 8.83 Å². The monoisotopic (exact) mass is 364 g/mol. The molecule has 0 atom stereocenters. The fourth-order valence-electron chi connectivity index (χ4n) is 2.47. The Bertz CT molecular complexity index is 997. The zero-order valence-corrected chi connectivity index (χ0v) is 14.9. The molecular weight excluding hydrogens is 348 g/mol. The van der Waals surface area contributed by atoms with E-state index in [1.807, 2.05) is 61.5 Å². The minimum absolute atomic E-state index is 0.478. The summed E-state index contributed by atoms with van der Waals surface area (Å²) in [5.74, 6) is 2.10. The number of aromatic nitrogens is 4. The van der Waals surface area contributed by atoms with Crippen LogP contribution in [0.2, 0.25) is 0 Å². The summed E-state index contributed by atoms with van der Waals surface area (Å²) in [5.41, 5.74) is 3.19. The first-order valence-corrected chi connectivity index (χ1v) is 9.13. The number of hydrogen-bond donors (Lipinski definition) is 0. The standard InChI is InChI=1S/C19H16N4O2S/c1-13-6-5-9-15(10-13)18-22-21-17(24-18)12-26-19-23-20-16(25-19)11-14-7-3-2-4-8-14/h2-10H,11-12H2,1H3. The molecule has 0 aliphatic carbocycles. The highest BCUT2D eigenvalue weighted by molar-refractivity contribution is 7.98. The molecule has 0 N–H and O–H groups in total. The van der Waals surface area contributed by atoms with Gasteiger partial charge in [-0.3, -0.25) is 0 Å². The van der Waals surface area contributed by atoms with E-state index < -0.39 is 0 Å². The molecule has 2 aromatic carbocycles. The largest absolute Gasteiger partial charge is 0.420 e. The summed E-state index contributed by atoms with van der Waals surface area (Å²) < 4.78 is 11.4. The Kier molecular flexibility index (Phi) is 4.79. The Morgan fingerprint density at radius 2 is 1.69 bits per heavy atom. The van der Waals surface area contributed by atoms with Crippen LogP contribution in [0.25, 0.3) is 11.5 Å². The highest BCUT2D eigenvalue weighted by Crippen LogP contribution is 2.24. The van der Waals surface area contributed by atoms with E-state index in [0.29, 0.717) is 35.1 Å². The Morgan fingerprint density at radius 3 is 2.54 bits per heavy atom. The SMILES string of the molecule is Cc1cccc(-c2nnc(CSc3nnc(Cc4ccccc4)o3)o2)c1. The predicted octanol–water partition coefficient (Wildman–Crippen LogP) is 4.31. The number of aryl methyl sites for hydroxylation is 1. The number of thioether (sulfide) groups is 1. The molecular formula is C19H16N4O2S. The summed E-state index contributed by atoms with van der Waals surface area (Å²) in [6, 6.07) is 18.0. The molecule has 26 heavy (non-hydrogen) atoms. The van der Waals surface area contributed by atoms with Gasteiger partial charge in [0, 0.05) is 5.56 Å². The molecule has 0 aliphatic heterocycles. The van der Waals surface area contributed by atoms with Gasteiger partial charge in [0.15, 0.2) is 0 Å². The van der Waals surface area contributed by atoms with Gasteiger partial charge in [0.25, 0.3) is 5.22 Å². The van der Waals surface area contributed by atoms with Gasteiger partial charge in [-0.1, -0.05) is 59.8 Å². The molecule has 7 heteroatoms. The van der Waals surface area contributed by atoms with Crippen LogP contribution in [0, 0.1) is 6.92 Å². The molecule has 0 unspecified atom stereocenters. The van der Waals surface area contributed by atoms with Crippen LogP contribution in [-0.4, -0.2) is 20.4 Å². The predicted molar refractivity (Wildman–Crippen MR) is 97.6 cm³/mol. The zero-order chi connectivity index (χ0) is 17.8. The van der Waals surface area contributed by atoms with Gasteiger partial charge in [0.05, 0.1) is 12.2 Å². The van der Waals surface area contributed by atoms with Crippen molar-refractivity contribution in [2.45, 2.75) is 24.3 Å². The van der Waals surface area contributed by atoms with Crippen LogP contribution < -0.4 is 0 Å². The van der Waals surface area contributed by atoms with Gasteiger partial charge in [0.1, 0.15) is 0 Å². The minimum atomic E-state index is 0.478. The van der Waals surface area contributed by atoms with Crippen molar-refractivity contribution in [3.63, 3.8) is 0 Å². The van der Waals surface area contributed by atoms with Gasteiger partial charge in [-0.15, -0.1) is 20.4 Å². The first-order valence-electron chi connectivity index (χ1n) is 8.15. The maximum atomic E-state index is 5.72. The molecule has 2 aromatic heterocycles. The van der Waals surface area contributed by atoms with Crippen LogP contribution in [0.1, 0.15) is 22.9 Å². The summed E-state index contributed by atoms with van der Waals surface area (Å²) in [4.78, 5) is 0. The first kappa shape index (κ1) is 16.5. The average molecular weight is 364 g/mol. The van der Waals surface area contributed by atoms with Crippen molar-refractivity contribution in [1.82, 2.24) is 20.4 Å². The lowest BCUT2D eigenvalue weighted by molar-refractivity contribution is 0.419. The number of nitrogens with zero attached hydrogens (tertiary/aromatic N) is 4. The number of rotatable bonds is 6. The molecule has 2 heterocycles. The van der Waals surface area contributed by atoms with E-state index in [-0.39, 0.29) is 0 Å². The Labute approximate surface area is 154 Å². The fraction of sp³-hybridized carbons (Fsp3) is 0.158. The lowest BCUT2D eigenvalue weighted by atomic mass is 10.1. The van der Waals surface area contributed by atoms with E-state index >= 15 is 0 Å². The van der Waals surface area contributed by atoms with Crippen molar-refractivity contribution < 1.29 is 8.83 Å². The van der Waals surface area contributed by atoms with Crippen molar-refractivity contribution in [3.8, 4) is 11.5 Å². The van der Waals surface area contributed by atoms with Gasteiger partial charge in [-0.2, -0.15) is 0 Å². The van der Waals surface area contributed by atoms with Gasteiger partial charge in [0.2, 0.25) is 17.7 Å². The fourth-order valence-corrected chi connectivity index (χ4v) is 3.09. The van der Waals surface area contributed by atoms with Gasteiger partial charge < -0.3 is 8.83 Å². The normalized spacial score (nSPS) is 11.0. The second kappa shape index (κ2) is 7.53. The van der Waals surface area contributed by atoms with E-state index in [0.717, 1.165) is 16.7 Å². The lowest BCUT2D eigenvalue weighted by Crippen LogP contribution is -1.87. The number of hydrogen-bond acceptors (Lipinski definition) is 7. The second-order valence-corrected chi connectivity index (χ2v) is 6.71. The molecule has 0 fully saturated rings. The summed E-state index contributed by atoms with van der Waals surface area (Å²) in [7, 11) is 0. The highest BCUT2D eigenvalue weighted by Gasteiger charge is 2.12. The van der Waals surface area contributed by atoms with Crippen LogP contribution >= 0.6 is 11.8 Å². The zero-order valence-electron chi connectivity index (χ0n) is 14.1. The smallest absolute Gasteiger partial charge is 0.277 e. The molecule has 4 aromatic rings. The maximum Gasteiger partial charge on any atom is 0.277 e. The third-order valence-corrected chi connectivity index (χ3v) is 4.50. The highest BCUT2D eigenvalue weighted by atomic mass is 32.2. The average Bonchev–Trinajstić information content (AvgIpc) is 3.30. The summed E-state index contributed by atoms with van der Waals surface area (Å²) in [5, 5.41) is 16.8.